The van der Waals surface area contributed by atoms with E-state index >= 15 is 0 Å². The first-order chi connectivity index (χ1) is 13.8. The smallest absolute Gasteiger partial charge is 0.308 e. The summed E-state index contributed by atoms with van der Waals surface area (Å²) in [5, 5.41) is 9.18. The molecule has 0 N–H and O–H groups in total. The van der Waals surface area contributed by atoms with Gasteiger partial charge in [-0.2, -0.15) is 9.57 Å². The van der Waals surface area contributed by atoms with Crippen molar-refractivity contribution in [1.29, 1.82) is 5.26 Å². The van der Waals surface area contributed by atoms with Crippen molar-refractivity contribution in [2.45, 2.75) is 11.8 Å². The third-order valence-corrected chi connectivity index (χ3v) is 6.47. The van der Waals surface area contributed by atoms with Gasteiger partial charge in [-0.05, 0) is 36.4 Å². The third kappa shape index (κ3) is 4.45. The summed E-state index contributed by atoms with van der Waals surface area (Å²) in [6, 6.07) is 14.2. The van der Waals surface area contributed by atoms with Gasteiger partial charge in [-0.1, -0.05) is 12.1 Å². The number of ether oxygens (including phenoxy) is 1. The van der Waals surface area contributed by atoms with E-state index in [1.165, 1.54) is 35.5 Å². The normalized spacial score (nSPS) is 14.8. The van der Waals surface area contributed by atoms with Crippen LogP contribution in [0.25, 0.3) is 0 Å². The van der Waals surface area contributed by atoms with Crippen LogP contribution in [0.3, 0.4) is 0 Å². The highest BCUT2D eigenvalue weighted by atomic mass is 32.2. The van der Waals surface area contributed by atoms with Crippen molar-refractivity contribution in [2.75, 3.05) is 26.2 Å². The highest BCUT2D eigenvalue weighted by molar-refractivity contribution is 7.89. The van der Waals surface area contributed by atoms with E-state index in [-0.39, 0.29) is 42.5 Å². The molecule has 2 aromatic carbocycles. The van der Waals surface area contributed by atoms with Crippen molar-refractivity contribution in [2.24, 2.45) is 0 Å². The molecule has 1 aliphatic rings. The molecule has 29 heavy (non-hydrogen) atoms. The Hall–Kier alpha value is -3.22. The molecule has 1 aliphatic heterocycles. The molecule has 0 aliphatic carbocycles. The van der Waals surface area contributed by atoms with E-state index in [1.807, 2.05) is 6.07 Å². The van der Waals surface area contributed by atoms with Gasteiger partial charge >= 0.3 is 5.97 Å². The summed E-state index contributed by atoms with van der Waals surface area (Å²) in [5.74, 6) is -0.325. The van der Waals surface area contributed by atoms with Gasteiger partial charge in [0.2, 0.25) is 10.0 Å². The molecule has 1 amide bonds. The highest BCUT2D eigenvalue weighted by Crippen LogP contribution is 2.22. The van der Waals surface area contributed by atoms with Gasteiger partial charge in [0.05, 0.1) is 10.5 Å². The summed E-state index contributed by atoms with van der Waals surface area (Å²) in [6.45, 7) is 2.04. The lowest BCUT2D eigenvalue weighted by atomic mass is 10.2. The molecule has 3 rings (SSSR count). The summed E-state index contributed by atoms with van der Waals surface area (Å²) in [6.07, 6.45) is 0. The monoisotopic (exact) mass is 413 g/mol. The second-order valence-corrected chi connectivity index (χ2v) is 8.33. The molecule has 1 saturated heterocycles. The van der Waals surface area contributed by atoms with Crippen LogP contribution in [0.2, 0.25) is 0 Å². The van der Waals surface area contributed by atoms with Gasteiger partial charge in [0, 0.05) is 38.7 Å². The molecule has 0 atom stereocenters. The number of sulfonamides is 1. The number of carbonyl (C=O) groups excluding carboxylic acids is 2. The Balaban J connectivity index is 1.68. The first kappa shape index (κ1) is 20.5. The fraction of sp³-hybridized carbons (Fsp3) is 0.250. The van der Waals surface area contributed by atoms with Crippen LogP contribution >= 0.6 is 0 Å². The number of amides is 1. The van der Waals surface area contributed by atoms with Gasteiger partial charge in [-0.15, -0.1) is 0 Å². The maximum Gasteiger partial charge on any atom is 0.308 e. The van der Waals surface area contributed by atoms with Crippen LogP contribution in [0.1, 0.15) is 22.8 Å². The molecule has 1 heterocycles. The van der Waals surface area contributed by atoms with Crippen LogP contribution in [0.4, 0.5) is 0 Å². The Morgan fingerprint density at radius 3 is 2.21 bits per heavy atom. The average molecular weight is 413 g/mol. The zero-order valence-corrected chi connectivity index (χ0v) is 16.6. The molecule has 8 nitrogen and oxygen atoms in total. The lowest BCUT2D eigenvalue weighted by Crippen LogP contribution is -2.50. The first-order valence-electron chi connectivity index (χ1n) is 8.90. The van der Waals surface area contributed by atoms with Crippen LogP contribution in [-0.2, 0) is 14.8 Å². The molecular weight excluding hydrogens is 394 g/mol. The van der Waals surface area contributed by atoms with Crippen LogP contribution in [0, 0.1) is 11.3 Å². The highest BCUT2D eigenvalue weighted by Gasteiger charge is 2.31. The molecule has 2 aromatic rings. The molecule has 0 radical (unpaired) electrons. The first-order valence-corrected chi connectivity index (χ1v) is 10.3. The lowest BCUT2D eigenvalue weighted by Gasteiger charge is -2.34. The maximum absolute atomic E-state index is 12.9. The fourth-order valence-corrected chi connectivity index (χ4v) is 4.63. The number of benzene rings is 2. The minimum atomic E-state index is -3.81. The Morgan fingerprint density at radius 2 is 1.62 bits per heavy atom. The molecule has 150 valence electrons. The summed E-state index contributed by atoms with van der Waals surface area (Å²) in [7, 11) is -3.81. The van der Waals surface area contributed by atoms with Crippen molar-refractivity contribution in [1.82, 2.24) is 9.21 Å². The molecule has 1 fully saturated rings. The summed E-state index contributed by atoms with van der Waals surface area (Å²) < 4.78 is 32.0. The zero-order chi connectivity index (χ0) is 21.0. The van der Waals surface area contributed by atoms with Crippen LogP contribution < -0.4 is 4.74 Å². The predicted molar refractivity (Wildman–Crippen MR) is 104 cm³/mol. The summed E-state index contributed by atoms with van der Waals surface area (Å²) in [4.78, 5) is 25.2. The molecule has 0 bridgehead atoms. The number of nitriles is 1. The molecule has 0 aromatic heterocycles. The lowest BCUT2D eigenvalue weighted by molar-refractivity contribution is -0.131. The van der Waals surface area contributed by atoms with Crippen LogP contribution in [0.15, 0.2) is 53.4 Å². The largest absolute Gasteiger partial charge is 0.427 e. The SMILES string of the molecule is CC(=O)Oc1ccc(C(=O)N2CCN(S(=O)(=O)c3ccccc3C#N)CC2)cc1. The Bertz CT molecular complexity index is 1070. The third-order valence-electron chi connectivity index (χ3n) is 4.51. The van der Waals surface area contributed by atoms with E-state index < -0.39 is 16.0 Å². The average Bonchev–Trinajstić information content (AvgIpc) is 2.73. The number of carbonyl (C=O) groups is 2. The predicted octanol–water partition coefficient (Wildman–Crippen LogP) is 1.63. The van der Waals surface area contributed by atoms with E-state index in [2.05, 4.69) is 0 Å². The van der Waals surface area contributed by atoms with Crippen LogP contribution in [0.5, 0.6) is 5.75 Å². The molecule has 0 spiro atoms. The topological polar surface area (TPSA) is 108 Å². The Kier molecular flexibility index (Phi) is 5.96. The minimum Gasteiger partial charge on any atom is -0.427 e. The quantitative estimate of drug-likeness (QED) is 0.557. The van der Waals surface area contributed by atoms with Gasteiger partial charge < -0.3 is 9.64 Å². The van der Waals surface area contributed by atoms with Gasteiger partial charge in [0.25, 0.3) is 5.91 Å². The Morgan fingerprint density at radius 1 is 1.00 bits per heavy atom. The van der Waals surface area contributed by atoms with Crippen molar-refractivity contribution in [3.63, 3.8) is 0 Å². The van der Waals surface area contributed by atoms with Crippen molar-refractivity contribution < 1.29 is 22.7 Å². The van der Waals surface area contributed by atoms with E-state index in [0.717, 1.165) is 0 Å². The molecule has 9 heteroatoms. The number of hydrogen-bond acceptors (Lipinski definition) is 6. The number of nitrogens with zero attached hydrogens (tertiary/aromatic N) is 3. The number of esters is 1. The molecule has 0 saturated carbocycles. The Labute approximate surface area is 169 Å². The fourth-order valence-electron chi connectivity index (χ4n) is 3.07. The molecular formula is C20H19N3O5S. The van der Waals surface area contributed by atoms with Crippen LogP contribution in [-0.4, -0.2) is 55.7 Å². The van der Waals surface area contributed by atoms with E-state index in [9.17, 15) is 23.3 Å². The summed E-state index contributed by atoms with van der Waals surface area (Å²) >= 11 is 0. The second-order valence-electron chi connectivity index (χ2n) is 6.42. The van der Waals surface area contributed by atoms with E-state index in [1.54, 1.807) is 29.2 Å². The second kappa shape index (κ2) is 8.43. The van der Waals surface area contributed by atoms with Gasteiger partial charge in [-0.25, -0.2) is 8.42 Å². The number of rotatable bonds is 4. The van der Waals surface area contributed by atoms with E-state index in [0.29, 0.717) is 11.3 Å². The minimum absolute atomic E-state index is 0.0247. The van der Waals surface area contributed by atoms with Gasteiger partial charge in [0.15, 0.2) is 0 Å². The molecule has 0 unspecified atom stereocenters. The zero-order valence-electron chi connectivity index (χ0n) is 15.7. The van der Waals surface area contributed by atoms with Crippen molar-refractivity contribution >= 4 is 21.9 Å². The standard InChI is InChI=1S/C20H19N3O5S/c1-15(24)28-18-8-6-16(7-9-18)20(25)22-10-12-23(13-11-22)29(26,27)19-5-3-2-4-17(19)14-21/h2-9H,10-13H2,1H3. The van der Waals surface area contributed by atoms with Crippen molar-refractivity contribution in [3.8, 4) is 11.8 Å². The number of hydrogen-bond donors (Lipinski definition) is 0. The van der Waals surface area contributed by atoms with Gasteiger partial charge in [0.1, 0.15) is 11.8 Å². The van der Waals surface area contributed by atoms with Crippen molar-refractivity contribution in [3.05, 3.63) is 59.7 Å². The van der Waals surface area contributed by atoms with E-state index in [4.69, 9.17) is 4.74 Å². The summed E-state index contributed by atoms with van der Waals surface area (Å²) in [5.41, 5.74) is 0.519. The van der Waals surface area contributed by atoms with Gasteiger partial charge in [-0.3, -0.25) is 9.59 Å². The number of piperazine rings is 1. The maximum atomic E-state index is 12.9.